The molecule has 456 valence electrons. The van der Waals surface area contributed by atoms with E-state index in [4.69, 9.17) is 14.8 Å². The Morgan fingerprint density at radius 3 is 1.38 bits per heavy atom. The zero-order chi connectivity index (χ0) is 64.1. The van der Waals surface area contributed by atoms with E-state index in [9.17, 15) is 0 Å². The second-order valence-corrected chi connectivity index (χ2v) is 32.1. The van der Waals surface area contributed by atoms with Gasteiger partial charge in [-0.3, -0.25) is 9.13 Å². The van der Waals surface area contributed by atoms with Gasteiger partial charge in [0.05, 0.1) is 22.4 Å². The molecule has 0 radical (unpaired) electrons. The minimum absolute atomic E-state index is 0.0717. The summed E-state index contributed by atoms with van der Waals surface area (Å²) in [4.78, 5) is 5.04. The lowest BCUT2D eigenvalue weighted by Crippen LogP contribution is -2.34. The van der Waals surface area contributed by atoms with Gasteiger partial charge < -0.3 is 4.74 Å². The molecular formula is C83H93N5O. The smallest absolute Gasteiger partial charge is 0.273 e. The maximum absolute atomic E-state index is 7.13. The molecule has 3 heterocycles. The van der Waals surface area contributed by atoms with E-state index < -0.39 is 0 Å². The van der Waals surface area contributed by atoms with E-state index in [2.05, 4.69) is 331 Å². The number of hydrogen-bond acceptors (Lipinski definition) is 3. The van der Waals surface area contributed by atoms with E-state index in [0.29, 0.717) is 11.5 Å². The van der Waals surface area contributed by atoms with Gasteiger partial charge in [-0.2, -0.15) is 4.68 Å². The summed E-state index contributed by atoms with van der Waals surface area (Å²) in [5.74, 6) is 3.01. The average Bonchev–Trinajstić information content (AvgIpc) is 1.78. The van der Waals surface area contributed by atoms with Crippen LogP contribution in [0.4, 0.5) is 0 Å². The molecule has 3 aromatic heterocycles. The Balaban J connectivity index is 1.17. The first kappa shape index (κ1) is 62.3. The summed E-state index contributed by atoms with van der Waals surface area (Å²) in [5, 5.41) is 8.13. The van der Waals surface area contributed by atoms with Crippen molar-refractivity contribution in [1.29, 1.82) is 0 Å². The first-order chi connectivity index (χ1) is 41.5. The van der Waals surface area contributed by atoms with Crippen LogP contribution in [-0.2, 0) is 37.9 Å². The molecule has 0 unspecified atom stereocenters. The maximum atomic E-state index is 7.13. The predicted octanol–water partition coefficient (Wildman–Crippen LogP) is 22.0. The molecule has 0 aliphatic rings. The van der Waals surface area contributed by atoms with Crippen LogP contribution in [0.25, 0.3) is 83.8 Å². The van der Waals surface area contributed by atoms with E-state index in [1.54, 1.807) is 0 Å². The molecule has 0 atom stereocenters. The fourth-order valence-electron chi connectivity index (χ4n) is 11.9. The summed E-state index contributed by atoms with van der Waals surface area (Å²) >= 11 is 0. The number of ether oxygens (including phenoxy) is 1. The molecule has 0 saturated heterocycles. The van der Waals surface area contributed by atoms with Crippen LogP contribution in [0, 0.1) is 6.33 Å². The highest BCUT2D eigenvalue weighted by Gasteiger charge is 2.30. The lowest BCUT2D eigenvalue weighted by molar-refractivity contribution is -0.660. The van der Waals surface area contributed by atoms with E-state index in [1.165, 1.54) is 44.5 Å². The van der Waals surface area contributed by atoms with Crippen LogP contribution in [0.3, 0.4) is 0 Å². The van der Waals surface area contributed by atoms with Crippen LogP contribution in [0.1, 0.15) is 184 Å². The second kappa shape index (κ2) is 22.3. The topological polar surface area (TPSA) is 48.8 Å². The van der Waals surface area contributed by atoms with Crippen molar-refractivity contribution < 1.29 is 9.42 Å². The summed E-state index contributed by atoms with van der Waals surface area (Å²) in [5.41, 5.74) is 19.8. The maximum Gasteiger partial charge on any atom is 0.273 e. The number of nitrogens with zero attached hydrogens (tertiary/aromatic N) is 5. The number of rotatable bonds is 9. The molecule has 11 rings (SSSR count). The minimum Gasteiger partial charge on any atom is -0.458 e. The van der Waals surface area contributed by atoms with Gasteiger partial charge in [-0.1, -0.05) is 267 Å². The van der Waals surface area contributed by atoms with Crippen molar-refractivity contribution in [3.8, 4) is 73.5 Å². The third-order valence-electron chi connectivity index (χ3n) is 17.7. The highest BCUT2D eigenvalue weighted by Crippen LogP contribution is 2.46. The summed E-state index contributed by atoms with van der Waals surface area (Å²) in [6, 6.07) is 65.0. The van der Waals surface area contributed by atoms with E-state index in [0.717, 1.165) is 78.2 Å². The molecule has 6 heteroatoms. The van der Waals surface area contributed by atoms with Gasteiger partial charge in [-0.25, -0.2) is 4.98 Å². The molecule has 0 spiro atoms. The molecule has 8 aromatic carbocycles. The Labute approximate surface area is 531 Å². The second-order valence-electron chi connectivity index (χ2n) is 32.1. The van der Waals surface area contributed by atoms with Crippen LogP contribution < -0.4 is 9.42 Å². The summed E-state index contributed by atoms with van der Waals surface area (Å²) in [6.45, 7) is 48.4. The zero-order valence-electron chi connectivity index (χ0n) is 57.0. The van der Waals surface area contributed by atoms with Crippen molar-refractivity contribution in [2.75, 3.05) is 0 Å². The molecule has 89 heavy (non-hydrogen) atoms. The van der Waals surface area contributed by atoms with Crippen molar-refractivity contribution in [2.24, 2.45) is 0 Å². The first-order valence-electron chi connectivity index (χ1n) is 32.0. The Hall–Kier alpha value is -8.35. The standard InChI is InChI=1S/C83H93N5O/c1-77(2,3)57-37-38-84-74(49-57)88-72-36-33-54(53-27-23-22-24-28-53)43-71(72)70-35-34-67(51-73(70)88)89-66-30-25-29-64(50-66)86-52-87(65-47-62(82(16,17)18)46-63(48-65)83(19,20)21)85-76(86)75-68(55-39-58(78(4,5)6)44-59(40-55)79(7,8)9)31-26-32-69(75)56-41-60(80(10,11)12)45-61(42-56)81(13,14)15/h22-51H,1-21H3. The van der Waals surface area contributed by atoms with Gasteiger partial charge in [-0.05, 0) is 159 Å². The number of hydrogen-bond donors (Lipinski definition) is 0. The highest BCUT2D eigenvalue weighted by atomic mass is 16.5. The van der Waals surface area contributed by atoms with Crippen LogP contribution in [0.5, 0.6) is 11.5 Å². The fraction of sp³-hybridized carbons (Fsp3) is 0.337. The van der Waals surface area contributed by atoms with Crippen molar-refractivity contribution >= 4 is 21.8 Å². The lowest BCUT2D eigenvalue weighted by Gasteiger charge is -2.28. The van der Waals surface area contributed by atoms with Crippen molar-refractivity contribution in [3.05, 3.63) is 227 Å². The Morgan fingerprint density at radius 1 is 0.371 bits per heavy atom. The fourth-order valence-corrected chi connectivity index (χ4v) is 11.9. The van der Waals surface area contributed by atoms with Crippen molar-refractivity contribution in [3.63, 3.8) is 0 Å². The third kappa shape index (κ3) is 12.8. The quantitative estimate of drug-likeness (QED) is 0.107. The molecular weight excluding hydrogens is 1080 g/mol. The Kier molecular flexibility index (Phi) is 15.6. The number of pyridine rings is 1. The molecule has 0 amide bonds. The number of aromatic nitrogens is 5. The molecule has 11 aromatic rings. The summed E-state index contributed by atoms with van der Waals surface area (Å²) in [6.07, 6.45) is 5.85. The largest absolute Gasteiger partial charge is 0.458 e. The highest BCUT2D eigenvalue weighted by molar-refractivity contribution is 6.10. The van der Waals surface area contributed by atoms with Crippen LogP contribution in [-0.4, -0.2) is 19.2 Å². The van der Waals surface area contributed by atoms with Gasteiger partial charge in [0, 0.05) is 28.6 Å². The average molecular weight is 1180 g/mol. The minimum atomic E-state index is -0.130. The number of benzene rings is 8. The van der Waals surface area contributed by atoms with Crippen LogP contribution in [0.2, 0.25) is 0 Å². The SMILES string of the molecule is CC(C)(C)c1cc(-c2cccc(-c3cc(C(C)(C)C)cc(C(C)(C)C)c3)c2-c2n[n+](-c3cc(C(C)(C)C)cc(C(C)(C)C)c3)[c-]n2-c2cccc(Oc3ccc4c5cc(-c6ccccc6)ccc5n(-c5cc(C(C)(C)C)ccn5)c4c3)c2)cc(C(C)(C)C)c1. The normalized spacial score (nSPS) is 13.0. The third-order valence-corrected chi connectivity index (χ3v) is 17.7. The Bertz CT molecular complexity index is 4290. The summed E-state index contributed by atoms with van der Waals surface area (Å²) in [7, 11) is 0. The van der Waals surface area contributed by atoms with Gasteiger partial charge in [-0.15, -0.1) is 5.10 Å². The van der Waals surface area contributed by atoms with Crippen molar-refractivity contribution in [1.82, 2.24) is 19.2 Å². The van der Waals surface area contributed by atoms with Gasteiger partial charge in [0.1, 0.15) is 17.3 Å². The van der Waals surface area contributed by atoms with Crippen LogP contribution >= 0.6 is 0 Å². The van der Waals surface area contributed by atoms with Crippen LogP contribution in [0.15, 0.2) is 182 Å². The molecule has 6 nitrogen and oxygen atoms in total. The van der Waals surface area contributed by atoms with E-state index in [1.807, 2.05) is 16.9 Å². The Morgan fingerprint density at radius 2 is 0.865 bits per heavy atom. The molecule has 0 fully saturated rings. The molecule has 0 saturated carbocycles. The molecule has 0 aliphatic carbocycles. The molecule has 0 bridgehead atoms. The van der Waals surface area contributed by atoms with Gasteiger partial charge in [0.15, 0.2) is 5.82 Å². The summed E-state index contributed by atoms with van der Waals surface area (Å²) < 4.78 is 13.6. The predicted molar refractivity (Wildman–Crippen MR) is 375 cm³/mol. The van der Waals surface area contributed by atoms with E-state index >= 15 is 0 Å². The van der Waals surface area contributed by atoms with Gasteiger partial charge >= 0.3 is 0 Å². The lowest BCUT2D eigenvalue weighted by atomic mass is 9.77. The van der Waals surface area contributed by atoms with Crippen molar-refractivity contribution in [2.45, 2.75) is 183 Å². The first-order valence-corrected chi connectivity index (χ1v) is 32.0. The number of fused-ring (bicyclic) bond motifs is 3. The van der Waals surface area contributed by atoms with Gasteiger partial charge in [0.2, 0.25) is 0 Å². The molecule has 0 N–H and O–H groups in total. The monoisotopic (exact) mass is 1180 g/mol. The van der Waals surface area contributed by atoms with E-state index in [-0.39, 0.29) is 37.9 Å². The zero-order valence-corrected chi connectivity index (χ0v) is 57.0. The van der Waals surface area contributed by atoms with Gasteiger partial charge in [0.25, 0.3) is 6.33 Å². The molecule has 0 aliphatic heterocycles.